The molecule has 1 aliphatic carbocycles. The van der Waals surface area contributed by atoms with Gasteiger partial charge in [0, 0.05) is 11.1 Å². The van der Waals surface area contributed by atoms with Gasteiger partial charge in [0.05, 0.1) is 6.21 Å². The van der Waals surface area contributed by atoms with Gasteiger partial charge in [-0.1, -0.05) is 48.5 Å². The molecular formula is C20H14N2O. The van der Waals surface area contributed by atoms with Crippen LogP contribution in [0.3, 0.4) is 0 Å². The Morgan fingerprint density at radius 3 is 1.74 bits per heavy atom. The summed E-state index contributed by atoms with van der Waals surface area (Å²) in [5.41, 5.74) is 6.40. The molecule has 0 bridgehead atoms. The first-order valence-electron chi connectivity index (χ1n) is 7.42. The number of hydrogen-bond donors (Lipinski definition) is 1. The van der Waals surface area contributed by atoms with Crippen molar-refractivity contribution in [3.05, 3.63) is 89.5 Å². The van der Waals surface area contributed by atoms with E-state index in [9.17, 15) is 5.11 Å². The summed E-state index contributed by atoms with van der Waals surface area (Å²) in [6, 6.07) is 23.4. The molecule has 3 aromatic carbocycles. The van der Waals surface area contributed by atoms with Crippen molar-refractivity contribution in [2.75, 3.05) is 0 Å². The molecule has 3 nitrogen and oxygen atoms in total. The van der Waals surface area contributed by atoms with Gasteiger partial charge in [0.2, 0.25) is 0 Å². The van der Waals surface area contributed by atoms with Gasteiger partial charge in [0.1, 0.15) is 11.5 Å². The number of benzene rings is 3. The van der Waals surface area contributed by atoms with Crippen LogP contribution in [0.15, 0.2) is 83.0 Å². The second-order valence-corrected chi connectivity index (χ2v) is 5.38. The lowest BCUT2D eigenvalue weighted by atomic mass is 10.1. The Kier molecular flexibility index (Phi) is 3.24. The number of aromatic hydroxyl groups is 1. The lowest BCUT2D eigenvalue weighted by molar-refractivity contribution is 0.475. The summed E-state index contributed by atoms with van der Waals surface area (Å²) < 4.78 is 0. The smallest absolute Gasteiger partial charge is 0.115 e. The third kappa shape index (κ3) is 2.42. The molecule has 0 aromatic heterocycles. The maximum absolute atomic E-state index is 9.30. The molecule has 0 amide bonds. The second kappa shape index (κ2) is 5.54. The van der Waals surface area contributed by atoms with Gasteiger partial charge < -0.3 is 5.11 Å². The highest BCUT2D eigenvalue weighted by Gasteiger charge is 2.23. The minimum absolute atomic E-state index is 0.243. The molecule has 0 fully saturated rings. The summed E-state index contributed by atoms with van der Waals surface area (Å²) in [6.45, 7) is 0. The molecule has 0 atom stereocenters. The summed E-state index contributed by atoms with van der Waals surface area (Å²) in [4.78, 5) is 0. The molecule has 0 heterocycles. The molecule has 23 heavy (non-hydrogen) atoms. The quantitative estimate of drug-likeness (QED) is 0.436. The zero-order valence-corrected chi connectivity index (χ0v) is 12.3. The summed E-state index contributed by atoms with van der Waals surface area (Å²) in [5.74, 6) is 0.243. The molecule has 3 aromatic rings. The van der Waals surface area contributed by atoms with Crippen molar-refractivity contribution in [1.29, 1.82) is 0 Å². The van der Waals surface area contributed by atoms with Crippen LogP contribution in [0.25, 0.3) is 11.1 Å². The lowest BCUT2D eigenvalue weighted by Crippen LogP contribution is -1.97. The minimum atomic E-state index is 0.243. The summed E-state index contributed by atoms with van der Waals surface area (Å²) >= 11 is 0. The van der Waals surface area contributed by atoms with Crippen LogP contribution in [0.1, 0.15) is 16.7 Å². The molecule has 0 spiro atoms. The summed E-state index contributed by atoms with van der Waals surface area (Å²) in [5, 5.41) is 18.0. The van der Waals surface area contributed by atoms with Crippen molar-refractivity contribution < 1.29 is 5.11 Å². The van der Waals surface area contributed by atoms with Crippen LogP contribution in [0.2, 0.25) is 0 Å². The van der Waals surface area contributed by atoms with Gasteiger partial charge in [-0.3, -0.25) is 0 Å². The van der Waals surface area contributed by atoms with Crippen LogP contribution in [-0.2, 0) is 0 Å². The van der Waals surface area contributed by atoms with Crippen LogP contribution < -0.4 is 0 Å². The highest BCUT2D eigenvalue weighted by molar-refractivity contribution is 6.24. The monoisotopic (exact) mass is 298 g/mol. The third-order valence-corrected chi connectivity index (χ3v) is 3.91. The van der Waals surface area contributed by atoms with Crippen molar-refractivity contribution in [3.63, 3.8) is 0 Å². The van der Waals surface area contributed by atoms with Crippen LogP contribution in [0.4, 0.5) is 0 Å². The molecule has 0 unspecified atom stereocenters. The number of rotatable bonds is 2. The Balaban J connectivity index is 1.75. The zero-order valence-electron chi connectivity index (χ0n) is 12.3. The number of fused-ring (bicyclic) bond motifs is 3. The van der Waals surface area contributed by atoms with E-state index >= 15 is 0 Å². The highest BCUT2D eigenvalue weighted by atomic mass is 16.3. The van der Waals surface area contributed by atoms with Crippen molar-refractivity contribution in [2.24, 2.45) is 10.2 Å². The van der Waals surface area contributed by atoms with E-state index in [0.717, 1.165) is 22.4 Å². The van der Waals surface area contributed by atoms with E-state index < -0.39 is 0 Å². The first-order valence-corrected chi connectivity index (χ1v) is 7.42. The van der Waals surface area contributed by atoms with E-state index in [1.165, 1.54) is 11.1 Å². The van der Waals surface area contributed by atoms with Crippen LogP contribution in [0, 0.1) is 0 Å². The Bertz CT molecular complexity index is 877. The fraction of sp³-hybridized carbons (Fsp3) is 0. The fourth-order valence-electron chi connectivity index (χ4n) is 2.82. The molecule has 0 aliphatic heterocycles. The first kappa shape index (κ1) is 13.5. The highest BCUT2D eigenvalue weighted by Crippen LogP contribution is 2.36. The van der Waals surface area contributed by atoms with E-state index in [4.69, 9.17) is 0 Å². The molecule has 3 heteroatoms. The molecule has 4 rings (SSSR count). The van der Waals surface area contributed by atoms with E-state index in [1.807, 2.05) is 24.3 Å². The SMILES string of the molecule is Oc1ccc(/C=N\N=C2c3ccccc3-c3ccccc32)cc1. The normalized spacial score (nSPS) is 12.3. The van der Waals surface area contributed by atoms with Crippen molar-refractivity contribution in [1.82, 2.24) is 0 Å². The van der Waals surface area contributed by atoms with E-state index in [1.54, 1.807) is 30.5 Å². The third-order valence-electron chi connectivity index (χ3n) is 3.91. The Morgan fingerprint density at radius 2 is 1.17 bits per heavy atom. The van der Waals surface area contributed by atoms with Gasteiger partial charge in [0.25, 0.3) is 0 Å². The van der Waals surface area contributed by atoms with Gasteiger partial charge in [-0.05, 0) is 41.0 Å². The lowest BCUT2D eigenvalue weighted by Gasteiger charge is -1.98. The molecule has 0 radical (unpaired) electrons. The number of phenols is 1. The minimum Gasteiger partial charge on any atom is -0.508 e. The van der Waals surface area contributed by atoms with E-state index in [-0.39, 0.29) is 5.75 Å². The maximum Gasteiger partial charge on any atom is 0.115 e. The number of phenolic OH excluding ortho intramolecular Hbond substituents is 1. The van der Waals surface area contributed by atoms with Crippen LogP contribution in [0.5, 0.6) is 5.75 Å². The Labute approximate surface area is 134 Å². The van der Waals surface area contributed by atoms with Crippen LogP contribution >= 0.6 is 0 Å². The van der Waals surface area contributed by atoms with E-state index in [0.29, 0.717) is 0 Å². The van der Waals surface area contributed by atoms with Gasteiger partial charge in [-0.25, -0.2) is 0 Å². The first-order chi connectivity index (χ1) is 11.3. The maximum atomic E-state index is 9.30. The standard InChI is InChI=1S/C20H14N2O/c23-15-11-9-14(10-12-15)13-21-22-20-18-7-3-1-5-16(18)17-6-2-4-8-19(17)20/h1-13,23H/b21-13-. The summed E-state index contributed by atoms with van der Waals surface area (Å²) in [6.07, 6.45) is 1.69. The predicted molar refractivity (Wildman–Crippen MR) is 93.2 cm³/mol. The van der Waals surface area contributed by atoms with E-state index in [2.05, 4.69) is 34.5 Å². The fourth-order valence-corrected chi connectivity index (χ4v) is 2.82. The topological polar surface area (TPSA) is 45.0 Å². The Hall–Kier alpha value is -3.20. The van der Waals surface area contributed by atoms with Crippen molar-refractivity contribution >= 4 is 11.9 Å². The summed E-state index contributed by atoms with van der Waals surface area (Å²) in [7, 11) is 0. The average molecular weight is 298 g/mol. The molecule has 0 saturated carbocycles. The van der Waals surface area contributed by atoms with Gasteiger partial charge in [0.15, 0.2) is 0 Å². The second-order valence-electron chi connectivity index (χ2n) is 5.38. The van der Waals surface area contributed by atoms with Gasteiger partial charge >= 0.3 is 0 Å². The van der Waals surface area contributed by atoms with Crippen LogP contribution in [-0.4, -0.2) is 17.0 Å². The largest absolute Gasteiger partial charge is 0.508 e. The predicted octanol–water partition coefficient (Wildman–Crippen LogP) is 4.24. The number of nitrogens with zero attached hydrogens (tertiary/aromatic N) is 2. The average Bonchev–Trinajstić information content (AvgIpc) is 2.91. The molecule has 0 saturated heterocycles. The molecule has 110 valence electrons. The Morgan fingerprint density at radius 1 is 0.652 bits per heavy atom. The molecule has 1 N–H and O–H groups in total. The molecular weight excluding hydrogens is 284 g/mol. The van der Waals surface area contributed by atoms with Gasteiger partial charge in [-0.15, -0.1) is 5.10 Å². The van der Waals surface area contributed by atoms with Crippen molar-refractivity contribution in [2.45, 2.75) is 0 Å². The number of hydrogen-bond acceptors (Lipinski definition) is 3. The van der Waals surface area contributed by atoms with Crippen molar-refractivity contribution in [3.8, 4) is 16.9 Å². The molecule has 1 aliphatic rings. The van der Waals surface area contributed by atoms with Gasteiger partial charge in [-0.2, -0.15) is 5.10 Å². The zero-order chi connectivity index (χ0) is 15.6.